The van der Waals surface area contributed by atoms with E-state index in [4.69, 9.17) is 15.9 Å². The van der Waals surface area contributed by atoms with Crippen LogP contribution in [0.15, 0.2) is 72.8 Å². The molecule has 6 nitrogen and oxygen atoms in total. The predicted octanol–water partition coefficient (Wildman–Crippen LogP) is 4.18. The van der Waals surface area contributed by atoms with Gasteiger partial charge in [-0.2, -0.15) is 0 Å². The lowest BCUT2D eigenvalue weighted by molar-refractivity contribution is -0.122. The summed E-state index contributed by atoms with van der Waals surface area (Å²) in [7, 11) is 1.63. The Morgan fingerprint density at radius 2 is 1.74 bits per heavy atom. The van der Waals surface area contributed by atoms with Crippen LogP contribution in [0.1, 0.15) is 28.3 Å². The molecular formula is C24H27ClN4O2. The normalized spacial score (nSPS) is 11.0. The summed E-state index contributed by atoms with van der Waals surface area (Å²) in [4.78, 5) is 13.1. The van der Waals surface area contributed by atoms with Crippen molar-refractivity contribution < 1.29 is 9.53 Å². The highest BCUT2D eigenvalue weighted by Gasteiger charge is 2.21. The first-order valence-corrected chi connectivity index (χ1v) is 9.65. The summed E-state index contributed by atoms with van der Waals surface area (Å²) in [5.41, 5.74) is 9.72. The van der Waals surface area contributed by atoms with Crippen LogP contribution in [0, 0.1) is 12.3 Å². The average Bonchev–Trinajstić information content (AvgIpc) is 2.76. The second-order valence-corrected chi connectivity index (χ2v) is 7.00. The van der Waals surface area contributed by atoms with Gasteiger partial charge in [0.05, 0.1) is 7.11 Å². The Hall–Kier alpha value is -3.51. The van der Waals surface area contributed by atoms with Crippen molar-refractivity contribution in [1.29, 1.82) is 5.41 Å². The Morgan fingerprint density at radius 1 is 1.06 bits per heavy atom. The molecule has 1 amide bonds. The van der Waals surface area contributed by atoms with Gasteiger partial charge in [-0.1, -0.05) is 36.4 Å². The third-order valence-electron chi connectivity index (χ3n) is 4.83. The number of hydrogen-bond donors (Lipinski definition) is 4. The van der Waals surface area contributed by atoms with Gasteiger partial charge in [0.25, 0.3) is 0 Å². The Balaban J connectivity index is 0.00000341. The minimum Gasteiger partial charge on any atom is -0.496 e. The molecule has 0 aromatic heterocycles. The number of nitrogens with two attached hydrogens (primary N) is 1. The summed E-state index contributed by atoms with van der Waals surface area (Å²) in [5.74, 6) is 0.636. The van der Waals surface area contributed by atoms with Gasteiger partial charge in [-0.25, -0.2) is 0 Å². The lowest BCUT2D eigenvalue weighted by Gasteiger charge is -2.21. The zero-order valence-corrected chi connectivity index (χ0v) is 18.3. The molecule has 5 N–H and O–H groups in total. The molecule has 0 heterocycles. The van der Waals surface area contributed by atoms with E-state index < -0.39 is 6.04 Å². The predicted molar refractivity (Wildman–Crippen MR) is 127 cm³/mol. The van der Waals surface area contributed by atoms with Crippen LogP contribution in [0.4, 0.5) is 5.69 Å². The van der Waals surface area contributed by atoms with Gasteiger partial charge in [0.2, 0.25) is 5.91 Å². The summed E-state index contributed by atoms with van der Waals surface area (Å²) in [6, 6.07) is 22.0. The maximum Gasteiger partial charge on any atom is 0.247 e. The molecule has 0 radical (unpaired) electrons. The van der Waals surface area contributed by atoms with E-state index in [2.05, 4.69) is 10.6 Å². The van der Waals surface area contributed by atoms with E-state index in [1.54, 1.807) is 19.2 Å². The number of carbonyl (C=O) groups excluding carboxylic acids is 1. The Bertz CT molecular complexity index is 1020. The first kappa shape index (κ1) is 23.8. The SMILES string of the molecule is COc1ccc([C@@H](Nc2ccc(C(=N)N)cc2)C(=O)NCc2ccccc2)cc1C.Cl. The minimum absolute atomic E-state index is 0. The van der Waals surface area contributed by atoms with E-state index in [1.165, 1.54) is 0 Å². The van der Waals surface area contributed by atoms with Crippen molar-refractivity contribution in [2.45, 2.75) is 19.5 Å². The van der Waals surface area contributed by atoms with Crippen molar-refractivity contribution in [1.82, 2.24) is 5.32 Å². The van der Waals surface area contributed by atoms with Gasteiger partial charge >= 0.3 is 0 Å². The number of benzene rings is 3. The molecule has 0 aliphatic rings. The molecule has 0 unspecified atom stereocenters. The van der Waals surface area contributed by atoms with Crippen LogP contribution in [-0.4, -0.2) is 18.9 Å². The van der Waals surface area contributed by atoms with E-state index in [-0.39, 0.29) is 24.1 Å². The lowest BCUT2D eigenvalue weighted by atomic mass is 10.0. The molecule has 1 atom stereocenters. The number of carbonyl (C=O) groups is 1. The van der Waals surface area contributed by atoms with E-state index in [0.29, 0.717) is 12.1 Å². The number of methoxy groups -OCH3 is 1. The first-order valence-electron chi connectivity index (χ1n) is 9.65. The molecule has 0 aliphatic carbocycles. The van der Waals surface area contributed by atoms with E-state index in [1.807, 2.05) is 67.6 Å². The fourth-order valence-electron chi connectivity index (χ4n) is 3.18. The summed E-state index contributed by atoms with van der Waals surface area (Å²) in [6.07, 6.45) is 0. The number of amidine groups is 1. The quantitative estimate of drug-likeness (QED) is 0.313. The summed E-state index contributed by atoms with van der Waals surface area (Å²) < 4.78 is 5.35. The fourth-order valence-corrected chi connectivity index (χ4v) is 3.18. The highest BCUT2D eigenvalue weighted by molar-refractivity contribution is 5.95. The van der Waals surface area contributed by atoms with Crippen molar-refractivity contribution in [3.05, 3.63) is 95.1 Å². The standard InChI is InChI=1S/C24H26N4O2.ClH/c1-16-14-19(10-13-21(16)30-2)22(24(29)27-15-17-6-4-3-5-7-17)28-20-11-8-18(9-12-20)23(25)26;/h3-14,22,28H,15H2,1-2H3,(H3,25,26)(H,27,29);1H/t22-;/m1./s1. The summed E-state index contributed by atoms with van der Waals surface area (Å²) in [6.45, 7) is 2.39. The molecule has 0 saturated carbocycles. The van der Waals surface area contributed by atoms with Crippen LogP contribution in [-0.2, 0) is 11.3 Å². The number of hydrogen-bond acceptors (Lipinski definition) is 4. The number of anilines is 1. The minimum atomic E-state index is -0.596. The second-order valence-electron chi connectivity index (χ2n) is 7.00. The topological polar surface area (TPSA) is 100 Å². The molecule has 162 valence electrons. The van der Waals surface area contributed by atoms with E-state index >= 15 is 0 Å². The molecule has 3 aromatic carbocycles. The Morgan fingerprint density at radius 3 is 2.32 bits per heavy atom. The first-order chi connectivity index (χ1) is 14.5. The van der Waals surface area contributed by atoms with Crippen LogP contribution in [0.2, 0.25) is 0 Å². The number of amides is 1. The molecule has 3 aromatic rings. The number of nitrogens with one attached hydrogen (secondary N) is 3. The van der Waals surface area contributed by atoms with Gasteiger partial charge in [0, 0.05) is 17.8 Å². The van der Waals surface area contributed by atoms with Gasteiger partial charge in [0.15, 0.2) is 0 Å². The third kappa shape index (κ3) is 6.23. The molecular weight excluding hydrogens is 412 g/mol. The van der Waals surface area contributed by atoms with E-state index in [0.717, 1.165) is 28.1 Å². The van der Waals surface area contributed by atoms with Gasteiger partial charge in [-0.05, 0) is 60.0 Å². The smallest absolute Gasteiger partial charge is 0.247 e. The number of nitrogen functional groups attached to an aromatic ring is 1. The van der Waals surface area contributed by atoms with Crippen molar-refractivity contribution in [2.75, 3.05) is 12.4 Å². The molecule has 0 bridgehead atoms. The number of aryl methyl sites for hydroxylation is 1. The molecule has 3 rings (SSSR count). The van der Waals surface area contributed by atoms with Crippen LogP contribution >= 0.6 is 12.4 Å². The zero-order chi connectivity index (χ0) is 21.5. The molecule has 0 aliphatic heterocycles. The van der Waals surface area contributed by atoms with Gasteiger partial charge in [-0.15, -0.1) is 12.4 Å². The number of halogens is 1. The van der Waals surface area contributed by atoms with Crippen LogP contribution in [0.25, 0.3) is 0 Å². The largest absolute Gasteiger partial charge is 0.496 e. The zero-order valence-electron chi connectivity index (χ0n) is 17.5. The maximum absolute atomic E-state index is 13.1. The Labute approximate surface area is 188 Å². The van der Waals surface area contributed by atoms with Crippen molar-refractivity contribution in [2.24, 2.45) is 5.73 Å². The highest BCUT2D eigenvalue weighted by atomic mass is 35.5. The number of ether oxygens (including phenoxy) is 1. The molecule has 31 heavy (non-hydrogen) atoms. The van der Waals surface area contributed by atoms with Crippen LogP contribution < -0.4 is 21.1 Å². The summed E-state index contributed by atoms with van der Waals surface area (Å²) >= 11 is 0. The molecule has 0 fully saturated rings. The van der Waals surface area contributed by atoms with Gasteiger partial charge < -0.3 is 21.1 Å². The molecule has 0 spiro atoms. The van der Waals surface area contributed by atoms with E-state index in [9.17, 15) is 4.79 Å². The average molecular weight is 439 g/mol. The lowest BCUT2D eigenvalue weighted by Crippen LogP contribution is -2.33. The van der Waals surface area contributed by atoms with Gasteiger partial charge in [0.1, 0.15) is 17.6 Å². The number of rotatable bonds is 8. The monoisotopic (exact) mass is 438 g/mol. The third-order valence-corrected chi connectivity index (χ3v) is 4.83. The van der Waals surface area contributed by atoms with Crippen molar-refractivity contribution in [3.63, 3.8) is 0 Å². The maximum atomic E-state index is 13.1. The fraction of sp³-hybridized carbons (Fsp3) is 0.167. The summed E-state index contributed by atoms with van der Waals surface area (Å²) in [5, 5.41) is 13.8. The molecule has 7 heteroatoms. The van der Waals surface area contributed by atoms with Crippen LogP contribution in [0.3, 0.4) is 0 Å². The highest BCUT2D eigenvalue weighted by Crippen LogP contribution is 2.26. The second kappa shape index (κ2) is 11.0. The van der Waals surface area contributed by atoms with Crippen molar-refractivity contribution in [3.8, 4) is 5.75 Å². The van der Waals surface area contributed by atoms with Crippen molar-refractivity contribution >= 4 is 29.8 Å². The van der Waals surface area contributed by atoms with Crippen LogP contribution in [0.5, 0.6) is 5.75 Å². The Kier molecular flexibility index (Phi) is 8.46. The van der Waals surface area contributed by atoms with Gasteiger partial charge in [-0.3, -0.25) is 10.2 Å². The molecule has 0 saturated heterocycles.